The first-order chi connectivity index (χ1) is 13.8. The molecule has 1 amide bonds. The summed E-state index contributed by atoms with van der Waals surface area (Å²) in [5.74, 6) is 2.35. The van der Waals surface area contributed by atoms with Crippen molar-refractivity contribution in [3.8, 4) is 11.5 Å². The first kappa shape index (κ1) is 17.7. The first-order valence-electron chi connectivity index (χ1n) is 9.19. The Morgan fingerprint density at radius 2 is 1.64 bits per heavy atom. The number of carbonyl (C=O) groups is 1. The fourth-order valence-corrected chi connectivity index (χ4v) is 2.92. The summed E-state index contributed by atoms with van der Waals surface area (Å²) in [6, 6.07) is 22.7. The SMILES string of the molecule is O=C(CCCc1nnc2ccccn12)Nc1ccc(Oc2ccccc2)cc1. The van der Waals surface area contributed by atoms with Crippen LogP contribution in [0.4, 0.5) is 5.69 Å². The number of rotatable bonds is 7. The Kier molecular flexibility index (Phi) is 5.29. The molecular weight excluding hydrogens is 352 g/mol. The maximum atomic E-state index is 12.2. The number of benzene rings is 2. The number of carbonyl (C=O) groups excluding carboxylic acids is 1. The number of ether oxygens (including phenoxy) is 1. The highest BCUT2D eigenvalue weighted by Crippen LogP contribution is 2.22. The van der Waals surface area contributed by atoms with Crippen LogP contribution in [0.5, 0.6) is 11.5 Å². The van der Waals surface area contributed by atoms with Gasteiger partial charge in [0.05, 0.1) is 0 Å². The normalized spacial score (nSPS) is 10.7. The molecule has 0 saturated heterocycles. The van der Waals surface area contributed by atoms with Crippen molar-refractivity contribution in [1.29, 1.82) is 0 Å². The summed E-state index contributed by atoms with van der Waals surface area (Å²) in [5, 5.41) is 11.2. The molecule has 0 spiro atoms. The van der Waals surface area contributed by atoms with Gasteiger partial charge in [-0.05, 0) is 55.0 Å². The van der Waals surface area contributed by atoms with E-state index in [-0.39, 0.29) is 5.91 Å². The number of aromatic nitrogens is 3. The van der Waals surface area contributed by atoms with E-state index in [0.29, 0.717) is 19.3 Å². The molecule has 0 saturated carbocycles. The van der Waals surface area contributed by atoms with Gasteiger partial charge in [0, 0.05) is 24.7 Å². The molecule has 4 rings (SSSR count). The number of hydrogen-bond acceptors (Lipinski definition) is 4. The van der Waals surface area contributed by atoms with Crippen molar-refractivity contribution in [2.24, 2.45) is 0 Å². The molecule has 1 N–H and O–H groups in total. The Morgan fingerprint density at radius 3 is 2.46 bits per heavy atom. The summed E-state index contributed by atoms with van der Waals surface area (Å²) in [6.45, 7) is 0. The minimum Gasteiger partial charge on any atom is -0.457 e. The van der Waals surface area contributed by atoms with E-state index in [2.05, 4.69) is 15.5 Å². The third kappa shape index (κ3) is 4.35. The van der Waals surface area contributed by atoms with Gasteiger partial charge in [-0.3, -0.25) is 9.20 Å². The van der Waals surface area contributed by atoms with Gasteiger partial charge in [0.1, 0.15) is 17.3 Å². The molecule has 6 heteroatoms. The number of nitrogens with one attached hydrogen (secondary N) is 1. The van der Waals surface area contributed by atoms with Crippen LogP contribution in [0.15, 0.2) is 79.0 Å². The summed E-state index contributed by atoms with van der Waals surface area (Å²) in [4.78, 5) is 12.2. The van der Waals surface area contributed by atoms with Gasteiger partial charge >= 0.3 is 0 Å². The average Bonchev–Trinajstić information content (AvgIpc) is 3.14. The number of aryl methyl sites for hydroxylation is 1. The maximum absolute atomic E-state index is 12.2. The largest absolute Gasteiger partial charge is 0.457 e. The Labute approximate surface area is 162 Å². The molecule has 2 aromatic carbocycles. The van der Waals surface area contributed by atoms with E-state index in [0.717, 1.165) is 28.7 Å². The minimum atomic E-state index is -0.0226. The summed E-state index contributed by atoms with van der Waals surface area (Å²) in [7, 11) is 0. The number of hydrogen-bond donors (Lipinski definition) is 1. The quantitative estimate of drug-likeness (QED) is 0.519. The molecule has 2 heterocycles. The van der Waals surface area contributed by atoms with Gasteiger partial charge in [-0.2, -0.15) is 0 Å². The van der Waals surface area contributed by atoms with Gasteiger partial charge in [0.25, 0.3) is 0 Å². The van der Waals surface area contributed by atoms with Crippen LogP contribution in [0.25, 0.3) is 5.65 Å². The molecular formula is C22H20N4O2. The molecule has 0 bridgehead atoms. The molecule has 0 fully saturated rings. The van der Waals surface area contributed by atoms with Crippen LogP contribution >= 0.6 is 0 Å². The molecule has 4 aromatic rings. The van der Waals surface area contributed by atoms with Crippen LogP contribution in [0.1, 0.15) is 18.7 Å². The second kappa shape index (κ2) is 8.35. The van der Waals surface area contributed by atoms with E-state index < -0.39 is 0 Å². The van der Waals surface area contributed by atoms with Crippen LogP contribution in [0.2, 0.25) is 0 Å². The highest BCUT2D eigenvalue weighted by Gasteiger charge is 2.07. The second-order valence-corrected chi connectivity index (χ2v) is 6.39. The lowest BCUT2D eigenvalue weighted by Gasteiger charge is -2.08. The number of fused-ring (bicyclic) bond motifs is 1. The molecule has 0 atom stereocenters. The van der Waals surface area contributed by atoms with Crippen molar-refractivity contribution >= 4 is 17.2 Å². The number of para-hydroxylation sites is 1. The van der Waals surface area contributed by atoms with Crippen molar-refractivity contribution in [2.45, 2.75) is 19.3 Å². The van der Waals surface area contributed by atoms with Crippen LogP contribution in [-0.4, -0.2) is 20.5 Å². The third-order valence-corrected chi connectivity index (χ3v) is 4.31. The summed E-state index contributed by atoms with van der Waals surface area (Å²) in [6.07, 6.45) is 3.76. The zero-order valence-corrected chi connectivity index (χ0v) is 15.3. The van der Waals surface area contributed by atoms with Crippen molar-refractivity contribution in [2.75, 3.05) is 5.32 Å². The Hall–Kier alpha value is -3.67. The molecule has 6 nitrogen and oxygen atoms in total. The van der Waals surface area contributed by atoms with Crippen LogP contribution in [0, 0.1) is 0 Å². The van der Waals surface area contributed by atoms with E-state index in [1.165, 1.54) is 0 Å². The average molecular weight is 372 g/mol. The van der Waals surface area contributed by atoms with Crippen molar-refractivity contribution in [1.82, 2.24) is 14.6 Å². The standard InChI is InChI=1S/C22H20N4O2/c27-22(11-6-10-21-25-24-20-9-4-5-16-26(20)21)23-17-12-14-19(15-13-17)28-18-7-2-1-3-8-18/h1-5,7-9,12-16H,6,10-11H2,(H,23,27). The second-order valence-electron chi connectivity index (χ2n) is 6.39. The molecule has 0 aliphatic carbocycles. The van der Waals surface area contributed by atoms with Crippen molar-refractivity contribution in [3.63, 3.8) is 0 Å². The van der Waals surface area contributed by atoms with Crippen molar-refractivity contribution < 1.29 is 9.53 Å². The first-order valence-corrected chi connectivity index (χ1v) is 9.19. The molecule has 0 aliphatic rings. The zero-order chi connectivity index (χ0) is 19.2. The fraction of sp³-hybridized carbons (Fsp3) is 0.136. The Bertz CT molecular complexity index is 1060. The van der Waals surface area contributed by atoms with E-state index in [9.17, 15) is 4.79 Å². The molecule has 140 valence electrons. The van der Waals surface area contributed by atoms with Gasteiger partial charge in [0.2, 0.25) is 5.91 Å². The van der Waals surface area contributed by atoms with E-state index in [1.807, 2.05) is 83.4 Å². The lowest BCUT2D eigenvalue weighted by molar-refractivity contribution is -0.116. The summed E-state index contributed by atoms with van der Waals surface area (Å²) < 4.78 is 7.70. The predicted octanol–water partition coefficient (Wildman–Crippen LogP) is 4.48. The van der Waals surface area contributed by atoms with E-state index in [4.69, 9.17) is 4.74 Å². The highest BCUT2D eigenvalue weighted by molar-refractivity contribution is 5.90. The number of amides is 1. The minimum absolute atomic E-state index is 0.0226. The maximum Gasteiger partial charge on any atom is 0.224 e. The van der Waals surface area contributed by atoms with Gasteiger partial charge in [0.15, 0.2) is 5.65 Å². The van der Waals surface area contributed by atoms with E-state index >= 15 is 0 Å². The highest BCUT2D eigenvalue weighted by atomic mass is 16.5. The van der Waals surface area contributed by atoms with E-state index in [1.54, 1.807) is 0 Å². The topological polar surface area (TPSA) is 68.5 Å². The van der Waals surface area contributed by atoms with Gasteiger partial charge < -0.3 is 10.1 Å². The van der Waals surface area contributed by atoms with Gasteiger partial charge in [-0.25, -0.2) is 0 Å². The number of anilines is 1. The predicted molar refractivity (Wildman–Crippen MR) is 108 cm³/mol. The molecule has 0 radical (unpaired) electrons. The van der Waals surface area contributed by atoms with Crippen molar-refractivity contribution in [3.05, 3.63) is 84.8 Å². The summed E-state index contributed by atoms with van der Waals surface area (Å²) in [5.41, 5.74) is 1.57. The number of nitrogens with zero attached hydrogens (tertiary/aromatic N) is 3. The number of pyridine rings is 1. The fourth-order valence-electron chi connectivity index (χ4n) is 2.92. The van der Waals surface area contributed by atoms with Gasteiger partial charge in [-0.1, -0.05) is 24.3 Å². The lowest BCUT2D eigenvalue weighted by atomic mass is 10.2. The Morgan fingerprint density at radius 1 is 0.893 bits per heavy atom. The molecule has 0 aliphatic heterocycles. The molecule has 28 heavy (non-hydrogen) atoms. The smallest absolute Gasteiger partial charge is 0.224 e. The molecule has 0 unspecified atom stereocenters. The summed E-state index contributed by atoms with van der Waals surface area (Å²) >= 11 is 0. The van der Waals surface area contributed by atoms with Crippen LogP contribution in [-0.2, 0) is 11.2 Å². The third-order valence-electron chi connectivity index (χ3n) is 4.31. The molecule has 2 aromatic heterocycles. The Balaban J connectivity index is 1.26. The van der Waals surface area contributed by atoms with Crippen LogP contribution < -0.4 is 10.1 Å². The van der Waals surface area contributed by atoms with Gasteiger partial charge in [-0.15, -0.1) is 10.2 Å². The monoisotopic (exact) mass is 372 g/mol. The zero-order valence-electron chi connectivity index (χ0n) is 15.3. The lowest BCUT2D eigenvalue weighted by Crippen LogP contribution is -2.11. The van der Waals surface area contributed by atoms with Crippen LogP contribution in [0.3, 0.4) is 0 Å².